The number of nitrogens with one attached hydrogen (secondary N) is 1. The van der Waals surface area contributed by atoms with Crippen molar-refractivity contribution < 1.29 is 27.8 Å². The van der Waals surface area contributed by atoms with Crippen molar-refractivity contribution in [1.29, 1.82) is 0 Å². The molecule has 0 fully saturated rings. The molecule has 108 valence electrons. The van der Waals surface area contributed by atoms with E-state index in [1.54, 1.807) is 6.92 Å². The minimum atomic E-state index is -3.96. The molecule has 0 aliphatic rings. The number of halogens is 1. The third-order valence-corrected chi connectivity index (χ3v) is 4.82. The lowest BCUT2D eigenvalue weighted by Gasteiger charge is -2.21. The normalized spacial score (nSPS) is 15.2. The Balaban J connectivity index is 2.98. The van der Waals surface area contributed by atoms with Crippen LogP contribution in [0.4, 0.5) is 0 Å². The molecular formula is C10H14BrNO6S. The zero-order chi connectivity index (χ0) is 14.8. The Hall–Kier alpha value is -0.900. The number of aromatic carboxylic acids is 1. The highest BCUT2D eigenvalue weighted by atomic mass is 79.9. The zero-order valence-electron chi connectivity index (χ0n) is 10.3. The molecule has 1 unspecified atom stereocenters. The Labute approximate surface area is 118 Å². The number of aliphatic hydroxyl groups is 1. The Morgan fingerprint density at radius 1 is 1.58 bits per heavy atom. The maximum atomic E-state index is 11.9. The van der Waals surface area contributed by atoms with Crippen LogP contribution in [0.1, 0.15) is 30.8 Å². The van der Waals surface area contributed by atoms with Crippen LogP contribution in [-0.4, -0.2) is 36.7 Å². The molecule has 9 heteroatoms. The molecule has 0 spiro atoms. The average Bonchev–Trinajstić information content (AvgIpc) is 2.70. The van der Waals surface area contributed by atoms with Crippen LogP contribution in [0, 0.1) is 0 Å². The van der Waals surface area contributed by atoms with Gasteiger partial charge in [-0.1, -0.05) is 6.92 Å². The van der Waals surface area contributed by atoms with Gasteiger partial charge in [0.1, 0.15) is 4.90 Å². The molecule has 1 atom stereocenters. The molecule has 0 aromatic carbocycles. The van der Waals surface area contributed by atoms with Gasteiger partial charge in [-0.2, -0.15) is 0 Å². The van der Waals surface area contributed by atoms with E-state index in [0.717, 1.165) is 6.07 Å². The summed E-state index contributed by atoms with van der Waals surface area (Å²) in [7, 11) is -3.96. The highest BCUT2D eigenvalue weighted by molar-refractivity contribution is 9.10. The smallest absolute Gasteiger partial charge is 0.371 e. The monoisotopic (exact) mass is 355 g/mol. The van der Waals surface area contributed by atoms with Gasteiger partial charge in [0.25, 0.3) is 0 Å². The molecule has 1 rings (SSSR count). The van der Waals surface area contributed by atoms with Gasteiger partial charge in [0.2, 0.25) is 15.8 Å². The second-order valence-corrected chi connectivity index (χ2v) is 6.68. The number of carboxylic acid groups (broad SMARTS) is 1. The van der Waals surface area contributed by atoms with Crippen molar-refractivity contribution in [2.45, 2.75) is 30.8 Å². The Kier molecular flexibility index (Phi) is 4.77. The molecule has 19 heavy (non-hydrogen) atoms. The van der Waals surface area contributed by atoms with Gasteiger partial charge in [-0.15, -0.1) is 0 Å². The second kappa shape index (κ2) is 5.61. The molecule has 0 aliphatic carbocycles. The first kappa shape index (κ1) is 16.2. The van der Waals surface area contributed by atoms with Gasteiger partial charge >= 0.3 is 5.97 Å². The van der Waals surface area contributed by atoms with Crippen LogP contribution < -0.4 is 4.72 Å². The first-order valence-corrected chi connectivity index (χ1v) is 7.61. The van der Waals surface area contributed by atoms with Gasteiger partial charge in [0.05, 0.1) is 5.60 Å². The van der Waals surface area contributed by atoms with E-state index < -0.39 is 27.4 Å². The SMILES string of the molecule is CCC(C)(O)CNS(=O)(=O)c1cc(C(=O)O)oc1Br. The van der Waals surface area contributed by atoms with E-state index in [1.807, 2.05) is 0 Å². The van der Waals surface area contributed by atoms with Gasteiger partial charge < -0.3 is 14.6 Å². The standard InChI is InChI=1S/C10H14BrNO6S/c1-3-10(2,15)5-12-19(16,17)7-4-6(9(13)14)18-8(7)11/h4,12,15H,3,5H2,1-2H3,(H,13,14). The molecule has 0 saturated carbocycles. The zero-order valence-corrected chi connectivity index (χ0v) is 12.7. The maximum absolute atomic E-state index is 11.9. The predicted octanol–water partition coefficient (Wildman–Crippen LogP) is 1.18. The quantitative estimate of drug-likeness (QED) is 0.705. The fourth-order valence-electron chi connectivity index (χ4n) is 1.09. The van der Waals surface area contributed by atoms with Crippen LogP contribution in [0.5, 0.6) is 0 Å². The lowest BCUT2D eigenvalue weighted by atomic mass is 10.1. The number of furan rings is 1. The molecule has 1 heterocycles. The number of carboxylic acids is 1. The fraction of sp³-hybridized carbons (Fsp3) is 0.500. The summed E-state index contributed by atoms with van der Waals surface area (Å²) in [5, 5.41) is 18.5. The molecule has 7 nitrogen and oxygen atoms in total. The van der Waals surface area contributed by atoms with E-state index >= 15 is 0 Å². The number of carbonyl (C=O) groups is 1. The number of rotatable bonds is 6. The lowest BCUT2D eigenvalue weighted by Crippen LogP contribution is -2.40. The fourth-order valence-corrected chi connectivity index (χ4v) is 3.19. The van der Waals surface area contributed by atoms with Crippen LogP contribution in [0.15, 0.2) is 20.0 Å². The first-order valence-electron chi connectivity index (χ1n) is 5.34. The lowest BCUT2D eigenvalue weighted by molar-refractivity contribution is 0.0613. The molecule has 1 aromatic rings. The van der Waals surface area contributed by atoms with Crippen molar-refractivity contribution in [3.8, 4) is 0 Å². The van der Waals surface area contributed by atoms with Gasteiger partial charge in [-0.3, -0.25) is 0 Å². The van der Waals surface area contributed by atoms with E-state index in [2.05, 4.69) is 20.7 Å². The van der Waals surface area contributed by atoms with Gasteiger partial charge in [0, 0.05) is 12.6 Å². The summed E-state index contributed by atoms with van der Waals surface area (Å²) in [5.41, 5.74) is -1.18. The number of hydrogen-bond donors (Lipinski definition) is 3. The Morgan fingerprint density at radius 2 is 2.16 bits per heavy atom. The van der Waals surface area contributed by atoms with Crippen molar-refractivity contribution >= 4 is 31.9 Å². The minimum Gasteiger partial charge on any atom is -0.475 e. The van der Waals surface area contributed by atoms with E-state index in [4.69, 9.17) is 9.52 Å². The minimum absolute atomic E-state index is 0.189. The highest BCUT2D eigenvalue weighted by Gasteiger charge is 2.27. The third kappa shape index (κ3) is 4.03. The number of sulfonamides is 1. The third-order valence-electron chi connectivity index (χ3n) is 2.56. The van der Waals surface area contributed by atoms with E-state index in [9.17, 15) is 18.3 Å². The van der Waals surface area contributed by atoms with Crippen LogP contribution in [-0.2, 0) is 10.0 Å². The molecule has 0 bridgehead atoms. The largest absolute Gasteiger partial charge is 0.475 e. The first-order chi connectivity index (χ1) is 8.59. The summed E-state index contributed by atoms with van der Waals surface area (Å²) in [4.78, 5) is 10.4. The summed E-state index contributed by atoms with van der Waals surface area (Å²) >= 11 is 2.85. The highest BCUT2D eigenvalue weighted by Crippen LogP contribution is 2.26. The summed E-state index contributed by atoms with van der Waals surface area (Å²) in [6.07, 6.45) is 0.364. The molecular weight excluding hydrogens is 342 g/mol. The van der Waals surface area contributed by atoms with Crippen LogP contribution in [0.3, 0.4) is 0 Å². The topological polar surface area (TPSA) is 117 Å². The summed E-state index contributed by atoms with van der Waals surface area (Å²) in [6, 6.07) is 0.898. The Morgan fingerprint density at radius 3 is 2.58 bits per heavy atom. The van der Waals surface area contributed by atoms with E-state index in [-0.39, 0.29) is 16.1 Å². The molecule has 1 aromatic heterocycles. The van der Waals surface area contributed by atoms with Crippen LogP contribution in [0.2, 0.25) is 0 Å². The number of hydrogen-bond acceptors (Lipinski definition) is 5. The summed E-state index contributed by atoms with van der Waals surface area (Å²) in [5.74, 6) is -1.86. The molecule has 3 N–H and O–H groups in total. The predicted molar refractivity (Wildman–Crippen MR) is 69.5 cm³/mol. The molecule has 0 aliphatic heterocycles. The van der Waals surface area contributed by atoms with Crippen molar-refractivity contribution in [3.05, 3.63) is 16.5 Å². The Bertz CT molecular complexity index is 577. The average molecular weight is 356 g/mol. The van der Waals surface area contributed by atoms with E-state index in [0.29, 0.717) is 6.42 Å². The van der Waals surface area contributed by atoms with Gasteiger partial charge in [0.15, 0.2) is 4.67 Å². The van der Waals surface area contributed by atoms with Crippen molar-refractivity contribution in [2.24, 2.45) is 0 Å². The maximum Gasteiger partial charge on any atom is 0.371 e. The van der Waals surface area contributed by atoms with Crippen LogP contribution in [0.25, 0.3) is 0 Å². The molecule has 0 amide bonds. The summed E-state index contributed by atoms with van der Waals surface area (Å²) < 4.78 is 30.6. The van der Waals surface area contributed by atoms with Crippen molar-refractivity contribution in [3.63, 3.8) is 0 Å². The van der Waals surface area contributed by atoms with Crippen molar-refractivity contribution in [1.82, 2.24) is 4.72 Å². The molecule has 0 radical (unpaired) electrons. The van der Waals surface area contributed by atoms with Gasteiger partial charge in [-0.25, -0.2) is 17.9 Å². The molecule has 0 saturated heterocycles. The van der Waals surface area contributed by atoms with E-state index in [1.165, 1.54) is 6.92 Å². The van der Waals surface area contributed by atoms with Gasteiger partial charge in [-0.05, 0) is 29.3 Å². The summed E-state index contributed by atoms with van der Waals surface area (Å²) in [6.45, 7) is 3.01. The van der Waals surface area contributed by atoms with Crippen molar-refractivity contribution in [2.75, 3.05) is 6.54 Å². The van der Waals surface area contributed by atoms with Crippen LogP contribution >= 0.6 is 15.9 Å². The second-order valence-electron chi connectivity index (χ2n) is 4.23.